The van der Waals surface area contributed by atoms with Crippen LogP contribution in [0, 0.1) is 6.92 Å². The number of nitrogens with zero attached hydrogens (tertiary/aromatic N) is 1. The van der Waals surface area contributed by atoms with Gasteiger partial charge in [-0.2, -0.15) is 4.31 Å². The van der Waals surface area contributed by atoms with Gasteiger partial charge in [0.1, 0.15) is 0 Å². The molecule has 1 heterocycles. The van der Waals surface area contributed by atoms with Crippen LogP contribution in [0.25, 0.3) is 11.1 Å². The van der Waals surface area contributed by atoms with Crippen LogP contribution >= 0.6 is 0 Å². The van der Waals surface area contributed by atoms with Gasteiger partial charge in [-0.15, -0.1) is 0 Å². The molecule has 0 aliphatic carbocycles. The predicted molar refractivity (Wildman–Crippen MR) is 129 cm³/mol. The molecule has 0 saturated heterocycles. The number of aryl methyl sites for hydroxylation is 1. The van der Waals surface area contributed by atoms with E-state index < -0.39 is 10.0 Å². The molecule has 1 aliphatic heterocycles. The predicted octanol–water partition coefficient (Wildman–Crippen LogP) is 6.15. The summed E-state index contributed by atoms with van der Waals surface area (Å²) in [5.41, 5.74) is 6.60. The number of fused-ring (bicyclic) bond motifs is 1. The van der Waals surface area contributed by atoms with E-state index in [0.29, 0.717) is 17.9 Å². The van der Waals surface area contributed by atoms with Crippen LogP contribution in [-0.2, 0) is 23.0 Å². The van der Waals surface area contributed by atoms with Gasteiger partial charge in [0.05, 0.1) is 10.9 Å². The Labute approximate surface area is 190 Å². The number of hydrogen-bond acceptors (Lipinski definition) is 2. The highest BCUT2D eigenvalue weighted by Gasteiger charge is 2.36. The third kappa shape index (κ3) is 3.88. The molecule has 0 unspecified atom stereocenters. The Bertz CT molecular complexity index is 1330. The summed E-state index contributed by atoms with van der Waals surface area (Å²) in [5.74, 6) is 0. The SMILES string of the molecule is Cc1ccc(S(=O)(=O)N2Cc3ccccc3C[C@H]2c2ccc(-c3ccccc3)cc2)cc1. The van der Waals surface area contributed by atoms with E-state index in [2.05, 4.69) is 42.5 Å². The van der Waals surface area contributed by atoms with Gasteiger partial charge in [0.25, 0.3) is 0 Å². The van der Waals surface area contributed by atoms with Gasteiger partial charge in [-0.1, -0.05) is 96.6 Å². The first kappa shape index (κ1) is 20.7. The first-order valence-corrected chi connectivity index (χ1v) is 12.3. The lowest BCUT2D eigenvalue weighted by Gasteiger charge is -2.36. The first-order chi connectivity index (χ1) is 15.5. The minimum Gasteiger partial charge on any atom is -0.207 e. The zero-order valence-corrected chi connectivity index (χ0v) is 18.8. The maximum absolute atomic E-state index is 13.7. The van der Waals surface area contributed by atoms with Crippen LogP contribution in [0.3, 0.4) is 0 Å². The van der Waals surface area contributed by atoms with Crippen molar-refractivity contribution in [3.8, 4) is 11.1 Å². The molecule has 0 spiro atoms. The Balaban J connectivity index is 1.56. The van der Waals surface area contributed by atoms with E-state index in [1.165, 1.54) is 5.56 Å². The molecule has 0 bridgehead atoms. The second-order valence-corrected chi connectivity index (χ2v) is 10.2. The summed E-state index contributed by atoms with van der Waals surface area (Å²) >= 11 is 0. The molecule has 1 atom stereocenters. The Hall–Kier alpha value is -3.21. The average molecular weight is 440 g/mol. The van der Waals surface area contributed by atoms with Crippen LogP contribution in [0.2, 0.25) is 0 Å². The fourth-order valence-electron chi connectivity index (χ4n) is 4.41. The number of rotatable bonds is 4. The molecule has 3 nitrogen and oxygen atoms in total. The Morgan fingerprint density at radius 1 is 0.688 bits per heavy atom. The molecule has 0 radical (unpaired) electrons. The van der Waals surface area contributed by atoms with Crippen LogP contribution in [0.1, 0.15) is 28.3 Å². The van der Waals surface area contributed by atoms with Crippen LogP contribution in [0.15, 0.2) is 108 Å². The zero-order chi connectivity index (χ0) is 22.1. The maximum atomic E-state index is 13.7. The molecular weight excluding hydrogens is 414 g/mol. The van der Waals surface area contributed by atoms with Crippen molar-refractivity contribution >= 4 is 10.0 Å². The fraction of sp³-hybridized carbons (Fsp3) is 0.143. The summed E-state index contributed by atoms with van der Waals surface area (Å²) in [6.45, 7) is 2.34. The quantitative estimate of drug-likeness (QED) is 0.382. The molecule has 0 saturated carbocycles. The van der Waals surface area contributed by atoms with Gasteiger partial charge in [0.2, 0.25) is 10.0 Å². The van der Waals surface area contributed by atoms with Crippen molar-refractivity contribution in [3.05, 3.63) is 125 Å². The van der Waals surface area contributed by atoms with Crippen LogP contribution in [0.5, 0.6) is 0 Å². The molecular formula is C28H25NO2S. The molecule has 32 heavy (non-hydrogen) atoms. The minimum absolute atomic E-state index is 0.249. The molecule has 0 N–H and O–H groups in total. The van der Waals surface area contributed by atoms with Crippen LogP contribution < -0.4 is 0 Å². The minimum atomic E-state index is -3.65. The summed E-state index contributed by atoms with van der Waals surface area (Å²) in [4.78, 5) is 0.341. The zero-order valence-electron chi connectivity index (χ0n) is 18.0. The van der Waals surface area contributed by atoms with Gasteiger partial charge in [0.15, 0.2) is 0 Å². The van der Waals surface area contributed by atoms with Crippen molar-refractivity contribution in [1.82, 2.24) is 4.31 Å². The third-order valence-electron chi connectivity index (χ3n) is 6.24. The molecule has 0 amide bonds. The normalized spacial score (nSPS) is 16.5. The molecule has 0 aromatic heterocycles. The molecule has 0 fully saturated rings. The van der Waals surface area contributed by atoms with Gasteiger partial charge in [-0.05, 0) is 53.3 Å². The number of benzene rings is 4. The summed E-state index contributed by atoms with van der Waals surface area (Å²) < 4.78 is 29.1. The Morgan fingerprint density at radius 3 is 1.97 bits per heavy atom. The highest BCUT2D eigenvalue weighted by Crippen LogP contribution is 2.38. The maximum Gasteiger partial charge on any atom is 0.243 e. The van der Waals surface area contributed by atoms with Gasteiger partial charge in [-0.3, -0.25) is 0 Å². The van der Waals surface area contributed by atoms with E-state index in [1.54, 1.807) is 16.4 Å². The average Bonchev–Trinajstić information content (AvgIpc) is 2.84. The number of hydrogen-bond donors (Lipinski definition) is 0. The fourth-order valence-corrected chi connectivity index (χ4v) is 6.00. The van der Waals surface area contributed by atoms with Crippen molar-refractivity contribution in [2.75, 3.05) is 0 Å². The highest BCUT2D eigenvalue weighted by molar-refractivity contribution is 7.89. The van der Waals surface area contributed by atoms with E-state index in [1.807, 2.05) is 55.5 Å². The highest BCUT2D eigenvalue weighted by atomic mass is 32.2. The second kappa shape index (κ2) is 8.38. The van der Waals surface area contributed by atoms with Crippen molar-refractivity contribution in [1.29, 1.82) is 0 Å². The van der Waals surface area contributed by atoms with Gasteiger partial charge in [0, 0.05) is 6.54 Å². The molecule has 5 rings (SSSR count). The van der Waals surface area contributed by atoms with Gasteiger partial charge >= 0.3 is 0 Å². The molecule has 1 aliphatic rings. The molecule has 160 valence electrons. The first-order valence-electron chi connectivity index (χ1n) is 10.8. The second-order valence-electron chi connectivity index (χ2n) is 8.34. The third-order valence-corrected chi connectivity index (χ3v) is 8.10. The van der Waals surface area contributed by atoms with E-state index in [9.17, 15) is 8.42 Å². The van der Waals surface area contributed by atoms with Crippen molar-refractivity contribution in [3.63, 3.8) is 0 Å². The van der Waals surface area contributed by atoms with E-state index in [4.69, 9.17) is 0 Å². The van der Waals surface area contributed by atoms with Crippen molar-refractivity contribution < 1.29 is 8.42 Å². The molecule has 4 aromatic carbocycles. The van der Waals surface area contributed by atoms with Crippen LogP contribution in [-0.4, -0.2) is 12.7 Å². The molecule has 4 heteroatoms. The van der Waals surface area contributed by atoms with Gasteiger partial charge < -0.3 is 0 Å². The van der Waals surface area contributed by atoms with Crippen molar-refractivity contribution in [2.45, 2.75) is 30.8 Å². The van der Waals surface area contributed by atoms with Crippen molar-refractivity contribution in [2.24, 2.45) is 0 Å². The Morgan fingerprint density at radius 2 is 1.28 bits per heavy atom. The lowest BCUT2D eigenvalue weighted by molar-refractivity contribution is 0.296. The van der Waals surface area contributed by atoms with E-state index in [0.717, 1.165) is 27.8 Å². The summed E-state index contributed by atoms with van der Waals surface area (Å²) in [6.07, 6.45) is 0.659. The largest absolute Gasteiger partial charge is 0.243 e. The van der Waals surface area contributed by atoms with Crippen LogP contribution in [0.4, 0.5) is 0 Å². The van der Waals surface area contributed by atoms with E-state index in [-0.39, 0.29) is 6.04 Å². The summed E-state index contributed by atoms with van der Waals surface area (Å²) in [6, 6.07) is 33.5. The molecule has 4 aromatic rings. The summed E-state index contributed by atoms with van der Waals surface area (Å²) in [5, 5.41) is 0. The van der Waals surface area contributed by atoms with E-state index >= 15 is 0 Å². The lowest BCUT2D eigenvalue weighted by atomic mass is 9.91. The summed E-state index contributed by atoms with van der Waals surface area (Å²) in [7, 11) is -3.65. The monoisotopic (exact) mass is 439 g/mol. The smallest absolute Gasteiger partial charge is 0.207 e. The standard InChI is InChI=1S/C28H25NO2S/c1-21-11-17-27(18-12-21)32(30,31)29-20-26-10-6-5-9-25(26)19-28(29)24-15-13-23(14-16-24)22-7-3-2-4-8-22/h2-18,28H,19-20H2,1H3/t28-/m0/s1. The number of sulfonamides is 1. The topological polar surface area (TPSA) is 37.4 Å². The van der Waals surface area contributed by atoms with Gasteiger partial charge in [-0.25, -0.2) is 8.42 Å². The Kier molecular flexibility index (Phi) is 5.41. The lowest BCUT2D eigenvalue weighted by Crippen LogP contribution is -2.38.